The number of hydrogen-bond acceptors (Lipinski definition) is 1. The quantitative estimate of drug-likeness (QED) is 0.806. The molecule has 0 aliphatic heterocycles. The van der Waals surface area contributed by atoms with Gasteiger partial charge in [0.2, 0.25) is 0 Å². The summed E-state index contributed by atoms with van der Waals surface area (Å²) in [5.74, 6) is 1.46. The molecule has 3 unspecified atom stereocenters. The van der Waals surface area contributed by atoms with Gasteiger partial charge in [0.05, 0.1) is 0 Å². The van der Waals surface area contributed by atoms with Crippen LogP contribution in [0.4, 0.5) is 4.39 Å². The Hall–Kier alpha value is -0.600. The molecule has 1 N–H and O–H groups in total. The molecule has 20 heavy (non-hydrogen) atoms. The molecule has 1 aromatic carbocycles. The number of hydrogen-bond donors (Lipinski definition) is 1. The first-order chi connectivity index (χ1) is 9.65. The van der Waals surface area contributed by atoms with Gasteiger partial charge < -0.3 is 5.32 Å². The van der Waals surface area contributed by atoms with Crippen molar-refractivity contribution >= 4 is 11.6 Å². The zero-order valence-electron chi connectivity index (χ0n) is 12.5. The maximum absolute atomic E-state index is 14.3. The normalized spacial score (nSPS) is 26.7. The number of halogens is 2. The molecule has 1 nitrogen and oxygen atoms in total. The Morgan fingerprint density at radius 3 is 2.80 bits per heavy atom. The Bertz CT molecular complexity index is 435. The van der Waals surface area contributed by atoms with Crippen molar-refractivity contribution in [2.45, 2.75) is 44.9 Å². The second kappa shape index (κ2) is 7.42. The molecule has 2 rings (SSSR count). The SMILES string of the molecule is CCCC1CCC(CNC)C(c2ccc(Cl)cc2F)C1. The molecule has 1 aliphatic carbocycles. The maximum atomic E-state index is 14.3. The lowest BCUT2D eigenvalue weighted by molar-refractivity contribution is 0.219. The van der Waals surface area contributed by atoms with E-state index in [0.717, 1.165) is 24.4 Å². The third kappa shape index (κ3) is 3.73. The van der Waals surface area contributed by atoms with Crippen molar-refractivity contribution in [2.75, 3.05) is 13.6 Å². The molecule has 0 aromatic heterocycles. The molecular formula is C17H25ClFN. The molecule has 0 saturated heterocycles. The van der Waals surface area contributed by atoms with Crippen molar-refractivity contribution in [1.82, 2.24) is 5.32 Å². The molecule has 0 radical (unpaired) electrons. The van der Waals surface area contributed by atoms with Crippen LogP contribution in [-0.4, -0.2) is 13.6 Å². The third-order valence-electron chi connectivity index (χ3n) is 4.63. The molecule has 3 heteroatoms. The minimum absolute atomic E-state index is 0.138. The van der Waals surface area contributed by atoms with Crippen LogP contribution in [-0.2, 0) is 0 Å². The number of rotatable bonds is 5. The number of nitrogens with one attached hydrogen (secondary N) is 1. The first kappa shape index (κ1) is 15.8. The van der Waals surface area contributed by atoms with Crippen molar-refractivity contribution < 1.29 is 4.39 Å². The average Bonchev–Trinajstić information content (AvgIpc) is 2.41. The summed E-state index contributed by atoms with van der Waals surface area (Å²) in [7, 11) is 1.98. The van der Waals surface area contributed by atoms with Gasteiger partial charge >= 0.3 is 0 Å². The highest BCUT2D eigenvalue weighted by Crippen LogP contribution is 2.43. The highest BCUT2D eigenvalue weighted by atomic mass is 35.5. The van der Waals surface area contributed by atoms with Gasteiger partial charge in [-0.05, 0) is 61.9 Å². The van der Waals surface area contributed by atoms with Crippen molar-refractivity contribution in [3.05, 3.63) is 34.6 Å². The monoisotopic (exact) mass is 297 g/mol. The lowest BCUT2D eigenvalue weighted by atomic mass is 9.70. The molecule has 1 saturated carbocycles. The molecule has 0 bridgehead atoms. The zero-order chi connectivity index (χ0) is 14.5. The molecule has 0 amide bonds. The summed E-state index contributed by atoms with van der Waals surface area (Å²) in [5, 5.41) is 3.75. The summed E-state index contributed by atoms with van der Waals surface area (Å²) in [6.45, 7) is 3.20. The van der Waals surface area contributed by atoms with Crippen LogP contribution in [0.1, 0.15) is 50.5 Å². The fourth-order valence-corrected chi connectivity index (χ4v) is 3.84. The lowest BCUT2D eigenvalue weighted by Crippen LogP contribution is -2.31. The van der Waals surface area contributed by atoms with E-state index >= 15 is 0 Å². The Morgan fingerprint density at radius 1 is 1.35 bits per heavy atom. The van der Waals surface area contributed by atoms with Crippen LogP contribution >= 0.6 is 11.6 Å². The first-order valence-corrected chi connectivity index (χ1v) is 8.13. The van der Waals surface area contributed by atoms with Crippen LogP contribution in [0.15, 0.2) is 18.2 Å². The minimum atomic E-state index is -0.138. The summed E-state index contributed by atoms with van der Waals surface area (Å²) >= 11 is 5.88. The zero-order valence-corrected chi connectivity index (χ0v) is 13.2. The first-order valence-electron chi connectivity index (χ1n) is 7.75. The van der Waals surface area contributed by atoms with Crippen molar-refractivity contribution in [3.63, 3.8) is 0 Å². The highest BCUT2D eigenvalue weighted by molar-refractivity contribution is 6.30. The summed E-state index contributed by atoms with van der Waals surface area (Å²) < 4.78 is 14.3. The summed E-state index contributed by atoms with van der Waals surface area (Å²) in [4.78, 5) is 0. The van der Waals surface area contributed by atoms with Crippen molar-refractivity contribution in [3.8, 4) is 0 Å². The van der Waals surface area contributed by atoms with E-state index in [4.69, 9.17) is 11.6 Å². The van der Waals surface area contributed by atoms with Gasteiger partial charge in [-0.15, -0.1) is 0 Å². The molecule has 1 fully saturated rings. The van der Waals surface area contributed by atoms with E-state index in [-0.39, 0.29) is 5.82 Å². The van der Waals surface area contributed by atoms with E-state index in [0.29, 0.717) is 16.9 Å². The predicted molar refractivity (Wildman–Crippen MR) is 83.8 cm³/mol. The van der Waals surface area contributed by atoms with Crippen molar-refractivity contribution in [1.29, 1.82) is 0 Å². The average molecular weight is 298 g/mol. The fourth-order valence-electron chi connectivity index (χ4n) is 3.68. The van der Waals surface area contributed by atoms with Gasteiger partial charge in [0, 0.05) is 5.02 Å². The van der Waals surface area contributed by atoms with Gasteiger partial charge in [0.15, 0.2) is 0 Å². The highest BCUT2D eigenvalue weighted by Gasteiger charge is 2.32. The topological polar surface area (TPSA) is 12.0 Å². The number of benzene rings is 1. The van der Waals surface area contributed by atoms with E-state index in [1.165, 1.54) is 31.7 Å². The van der Waals surface area contributed by atoms with Crippen LogP contribution in [0.25, 0.3) is 0 Å². The van der Waals surface area contributed by atoms with Crippen LogP contribution in [0.2, 0.25) is 5.02 Å². The van der Waals surface area contributed by atoms with Crippen LogP contribution in [0.5, 0.6) is 0 Å². The second-order valence-electron chi connectivity index (χ2n) is 6.06. The second-order valence-corrected chi connectivity index (χ2v) is 6.49. The molecule has 1 aliphatic rings. The van der Waals surface area contributed by atoms with Gasteiger partial charge in [-0.2, -0.15) is 0 Å². The Balaban J connectivity index is 2.21. The Kier molecular flexibility index (Phi) is 5.86. The molecule has 0 heterocycles. The van der Waals surface area contributed by atoms with Gasteiger partial charge in [0.1, 0.15) is 5.82 Å². The van der Waals surface area contributed by atoms with Gasteiger partial charge in [-0.25, -0.2) is 4.39 Å². The van der Waals surface area contributed by atoms with Gasteiger partial charge in [0.25, 0.3) is 0 Å². The standard InChI is InChI=1S/C17H25ClFN/c1-3-4-12-5-6-13(11-20-2)16(9-12)15-8-7-14(18)10-17(15)19/h7-8,10,12-13,16,20H,3-6,9,11H2,1-2H3. The lowest BCUT2D eigenvalue weighted by Gasteiger charge is -2.36. The minimum Gasteiger partial charge on any atom is -0.319 e. The van der Waals surface area contributed by atoms with Crippen LogP contribution in [0, 0.1) is 17.7 Å². The molecule has 112 valence electrons. The van der Waals surface area contributed by atoms with Gasteiger partial charge in [-0.1, -0.05) is 43.9 Å². The molecular weight excluding hydrogens is 273 g/mol. The molecule has 0 spiro atoms. The van der Waals surface area contributed by atoms with Crippen LogP contribution < -0.4 is 5.32 Å². The van der Waals surface area contributed by atoms with Crippen LogP contribution in [0.3, 0.4) is 0 Å². The maximum Gasteiger partial charge on any atom is 0.128 e. The van der Waals surface area contributed by atoms with E-state index in [1.807, 2.05) is 19.2 Å². The third-order valence-corrected chi connectivity index (χ3v) is 4.86. The smallest absolute Gasteiger partial charge is 0.128 e. The van der Waals surface area contributed by atoms with E-state index in [2.05, 4.69) is 12.2 Å². The molecule has 1 aromatic rings. The van der Waals surface area contributed by atoms with E-state index in [9.17, 15) is 4.39 Å². The fraction of sp³-hybridized carbons (Fsp3) is 0.647. The van der Waals surface area contributed by atoms with Crippen molar-refractivity contribution in [2.24, 2.45) is 11.8 Å². The summed E-state index contributed by atoms with van der Waals surface area (Å²) in [6, 6.07) is 5.16. The predicted octanol–water partition coefficient (Wildman–Crippen LogP) is 5.00. The van der Waals surface area contributed by atoms with E-state index < -0.39 is 0 Å². The Morgan fingerprint density at radius 2 is 2.15 bits per heavy atom. The Labute approximate surface area is 126 Å². The van der Waals surface area contributed by atoms with Gasteiger partial charge in [-0.3, -0.25) is 0 Å². The van der Waals surface area contributed by atoms with E-state index in [1.54, 1.807) is 0 Å². The summed E-state index contributed by atoms with van der Waals surface area (Å²) in [5.41, 5.74) is 0.857. The molecule has 3 atom stereocenters. The summed E-state index contributed by atoms with van der Waals surface area (Å²) in [6.07, 6.45) is 6.07. The largest absolute Gasteiger partial charge is 0.319 e.